The average molecular weight is 217 g/mol. The van der Waals surface area contributed by atoms with Gasteiger partial charge in [-0.1, -0.05) is 5.92 Å². The number of aliphatic hydroxyl groups is 1. The van der Waals surface area contributed by atoms with Crippen LogP contribution in [0, 0.1) is 11.8 Å². The van der Waals surface area contributed by atoms with Crippen molar-refractivity contribution in [3.63, 3.8) is 0 Å². The molecule has 0 saturated carbocycles. The van der Waals surface area contributed by atoms with E-state index in [0.29, 0.717) is 11.3 Å². The summed E-state index contributed by atoms with van der Waals surface area (Å²) in [5, 5.41) is 8.57. The second kappa shape index (κ2) is 6.76. The Morgan fingerprint density at radius 2 is 2.25 bits per heavy atom. The molecule has 0 unspecified atom stereocenters. The van der Waals surface area contributed by atoms with Gasteiger partial charge in [-0.3, -0.25) is 4.79 Å². The molecular weight excluding hydrogens is 202 g/mol. The van der Waals surface area contributed by atoms with E-state index in [-0.39, 0.29) is 12.4 Å². The van der Waals surface area contributed by atoms with Crippen molar-refractivity contribution in [2.45, 2.75) is 26.2 Å². The summed E-state index contributed by atoms with van der Waals surface area (Å²) in [5.74, 6) is 5.90. The molecule has 3 heteroatoms. The van der Waals surface area contributed by atoms with Crippen LogP contribution in [0.15, 0.2) is 18.3 Å². The van der Waals surface area contributed by atoms with Crippen molar-refractivity contribution >= 4 is 5.78 Å². The Hall–Kier alpha value is -1.66. The van der Waals surface area contributed by atoms with Crippen LogP contribution in [0.1, 0.15) is 42.2 Å². The first-order valence-electron chi connectivity index (χ1n) is 5.31. The van der Waals surface area contributed by atoms with Crippen LogP contribution in [-0.4, -0.2) is 22.5 Å². The number of hydrogen-bond donors (Lipinski definition) is 1. The van der Waals surface area contributed by atoms with Crippen molar-refractivity contribution in [3.8, 4) is 11.8 Å². The fourth-order valence-corrected chi connectivity index (χ4v) is 1.15. The molecule has 0 amide bonds. The van der Waals surface area contributed by atoms with Gasteiger partial charge in [-0.05, 0) is 37.8 Å². The summed E-state index contributed by atoms with van der Waals surface area (Å²) in [6.07, 6.45) is 3.98. The Kier molecular flexibility index (Phi) is 5.24. The number of unbranched alkanes of at least 4 members (excludes halogenated alkanes) is 2. The van der Waals surface area contributed by atoms with Crippen LogP contribution in [-0.2, 0) is 0 Å². The highest BCUT2D eigenvalue weighted by Crippen LogP contribution is 2.00. The lowest BCUT2D eigenvalue weighted by Gasteiger charge is -1.94. The Morgan fingerprint density at radius 1 is 1.44 bits per heavy atom. The van der Waals surface area contributed by atoms with Crippen LogP contribution in [0.25, 0.3) is 0 Å². The average Bonchev–Trinajstić information content (AvgIpc) is 2.29. The second-order valence-electron chi connectivity index (χ2n) is 3.47. The monoisotopic (exact) mass is 217 g/mol. The van der Waals surface area contributed by atoms with Crippen molar-refractivity contribution in [1.82, 2.24) is 4.98 Å². The molecule has 0 aromatic carbocycles. The third kappa shape index (κ3) is 4.24. The van der Waals surface area contributed by atoms with E-state index in [2.05, 4.69) is 16.8 Å². The van der Waals surface area contributed by atoms with E-state index in [1.807, 2.05) is 0 Å². The zero-order valence-corrected chi connectivity index (χ0v) is 9.36. The molecule has 1 aromatic rings. The minimum atomic E-state index is 0.00922. The van der Waals surface area contributed by atoms with Gasteiger partial charge in [0.25, 0.3) is 0 Å². The molecule has 0 spiro atoms. The van der Waals surface area contributed by atoms with Gasteiger partial charge < -0.3 is 5.11 Å². The summed E-state index contributed by atoms with van der Waals surface area (Å²) in [6.45, 7) is 1.73. The molecule has 16 heavy (non-hydrogen) atoms. The van der Waals surface area contributed by atoms with Crippen LogP contribution >= 0.6 is 0 Å². The topological polar surface area (TPSA) is 50.2 Å². The molecule has 1 rings (SSSR count). The molecule has 0 bridgehead atoms. The first-order chi connectivity index (χ1) is 7.74. The summed E-state index contributed by atoms with van der Waals surface area (Å²) in [6, 6.07) is 3.48. The minimum absolute atomic E-state index is 0.00922. The molecule has 1 heterocycles. The first-order valence-corrected chi connectivity index (χ1v) is 5.31. The van der Waals surface area contributed by atoms with E-state index >= 15 is 0 Å². The number of ketones is 1. The van der Waals surface area contributed by atoms with Crippen LogP contribution < -0.4 is 0 Å². The first kappa shape index (κ1) is 12.4. The van der Waals surface area contributed by atoms with E-state index in [0.717, 1.165) is 19.3 Å². The summed E-state index contributed by atoms with van der Waals surface area (Å²) >= 11 is 0. The SMILES string of the molecule is CC(=O)c1ccc(C#CCCCCO)nc1. The molecule has 1 aromatic heterocycles. The zero-order chi connectivity index (χ0) is 11.8. The highest BCUT2D eigenvalue weighted by atomic mass is 16.2. The van der Waals surface area contributed by atoms with Crippen molar-refractivity contribution in [2.24, 2.45) is 0 Å². The van der Waals surface area contributed by atoms with Crippen LogP contribution in [0.4, 0.5) is 0 Å². The standard InChI is InChI=1S/C13H15NO2/c1-11(16)12-7-8-13(14-10-12)6-4-2-3-5-9-15/h7-8,10,15H,2-3,5,9H2,1H3. The molecule has 0 radical (unpaired) electrons. The lowest BCUT2D eigenvalue weighted by atomic mass is 10.2. The number of Topliss-reactive ketones (excluding diaryl/α,β-unsaturated/α-hetero) is 1. The molecule has 0 aliphatic heterocycles. The predicted molar refractivity (Wildman–Crippen MR) is 62.1 cm³/mol. The zero-order valence-electron chi connectivity index (χ0n) is 9.36. The predicted octanol–water partition coefficient (Wildman–Crippen LogP) is 1.80. The van der Waals surface area contributed by atoms with Crippen molar-refractivity contribution in [3.05, 3.63) is 29.6 Å². The van der Waals surface area contributed by atoms with Crippen LogP contribution in [0.3, 0.4) is 0 Å². The molecule has 84 valence electrons. The summed E-state index contributed by atoms with van der Waals surface area (Å²) in [5.41, 5.74) is 1.28. The quantitative estimate of drug-likeness (QED) is 0.475. The van der Waals surface area contributed by atoms with Gasteiger partial charge in [0.05, 0.1) is 0 Å². The van der Waals surface area contributed by atoms with E-state index in [1.54, 1.807) is 18.3 Å². The molecule has 3 nitrogen and oxygen atoms in total. The summed E-state index contributed by atoms with van der Waals surface area (Å²) in [7, 11) is 0. The molecule has 1 N–H and O–H groups in total. The molecule has 0 aliphatic carbocycles. The number of pyridine rings is 1. The van der Waals surface area contributed by atoms with Crippen molar-refractivity contribution < 1.29 is 9.90 Å². The number of aliphatic hydroxyl groups excluding tert-OH is 1. The van der Waals surface area contributed by atoms with Gasteiger partial charge in [0, 0.05) is 24.8 Å². The molecule has 0 fully saturated rings. The van der Waals surface area contributed by atoms with E-state index in [4.69, 9.17) is 5.11 Å². The largest absolute Gasteiger partial charge is 0.396 e. The van der Waals surface area contributed by atoms with Gasteiger partial charge in [-0.15, -0.1) is 0 Å². The molecule has 0 saturated heterocycles. The second-order valence-corrected chi connectivity index (χ2v) is 3.47. The van der Waals surface area contributed by atoms with Gasteiger partial charge in [0.15, 0.2) is 5.78 Å². The van der Waals surface area contributed by atoms with E-state index in [1.165, 1.54) is 6.92 Å². The van der Waals surface area contributed by atoms with Gasteiger partial charge >= 0.3 is 0 Å². The van der Waals surface area contributed by atoms with E-state index in [9.17, 15) is 4.79 Å². The van der Waals surface area contributed by atoms with Gasteiger partial charge in [-0.25, -0.2) is 4.98 Å². The Balaban J connectivity index is 2.51. The Morgan fingerprint density at radius 3 is 2.81 bits per heavy atom. The summed E-state index contributed by atoms with van der Waals surface area (Å²) in [4.78, 5) is 15.1. The third-order valence-corrected chi connectivity index (χ3v) is 2.10. The highest BCUT2D eigenvalue weighted by Gasteiger charge is 1.97. The number of aromatic nitrogens is 1. The number of carbonyl (C=O) groups is 1. The molecule has 0 atom stereocenters. The van der Waals surface area contributed by atoms with Gasteiger partial charge in [-0.2, -0.15) is 0 Å². The lowest BCUT2D eigenvalue weighted by Crippen LogP contribution is -1.93. The van der Waals surface area contributed by atoms with Crippen LogP contribution in [0.2, 0.25) is 0 Å². The number of hydrogen-bond acceptors (Lipinski definition) is 3. The fourth-order valence-electron chi connectivity index (χ4n) is 1.15. The maximum Gasteiger partial charge on any atom is 0.161 e. The minimum Gasteiger partial charge on any atom is -0.396 e. The molecular formula is C13H15NO2. The summed E-state index contributed by atoms with van der Waals surface area (Å²) < 4.78 is 0. The maximum atomic E-state index is 11.0. The normalized spacial score (nSPS) is 9.38. The number of rotatable bonds is 4. The van der Waals surface area contributed by atoms with Gasteiger partial charge in [0.1, 0.15) is 5.69 Å². The molecule has 0 aliphatic rings. The third-order valence-electron chi connectivity index (χ3n) is 2.10. The van der Waals surface area contributed by atoms with Crippen molar-refractivity contribution in [2.75, 3.05) is 6.61 Å². The van der Waals surface area contributed by atoms with E-state index < -0.39 is 0 Å². The van der Waals surface area contributed by atoms with Gasteiger partial charge in [0.2, 0.25) is 0 Å². The smallest absolute Gasteiger partial charge is 0.161 e. The number of carbonyl (C=O) groups excluding carboxylic acids is 1. The van der Waals surface area contributed by atoms with Crippen molar-refractivity contribution in [1.29, 1.82) is 0 Å². The highest BCUT2D eigenvalue weighted by molar-refractivity contribution is 5.93. The van der Waals surface area contributed by atoms with Crippen LogP contribution in [0.5, 0.6) is 0 Å². The Labute approximate surface area is 95.5 Å². The number of nitrogens with zero attached hydrogens (tertiary/aromatic N) is 1. The maximum absolute atomic E-state index is 11.0. The Bertz CT molecular complexity index is 398. The fraction of sp³-hybridized carbons (Fsp3) is 0.385. The lowest BCUT2D eigenvalue weighted by molar-refractivity contribution is 0.101.